The number of hydrogen-bond donors (Lipinski definition) is 0. The van der Waals surface area contributed by atoms with Crippen molar-refractivity contribution in [2.45, 2.75) is 38.5 Å². The summed E-state index contributed by atoms with van der Waals surface area (Å²) in [5.74, 6) is 0. The third-order valence-electron chi connectivity index (χ3n) is 4.46. The van der Waals surface area contributed by atoms with E-state index in [-0.39, 0.29) is 5.41 Å². The van der Waals surface area contributed by atoms with Crippen LogP contribution in [0.2, 0.25) is 0 Å². The van der Waals surface area contributed by atoms with Crippen LogP contribution in [-0.4, -0.2) is 0 Å². The molecule has 1 nitrogen and oxygen atoms in total. The van der Waals surface area contributed by atoms with Crippen LogP contribution in [0.25, 0.3) is 10.8 Å². The molecule has 0 spiro atoms. The molecule has 0 amide bonds. The summed E-state index contributed by atoms with van der Waals surface area (Å²) in [5, 5.41) is 12.2. The number of fused-ring (bicyclic) bond motifs is 1. The van der Waals surface area contributed by atoms with Gasteiger partial charge in [-0.2, -0.15) is 5.26 Å². The van der Waals surface area contributed by atoms with Gasteiger partial charge in [0.1, 0.15) is 0 Å². The molecule has 0 aliphatic heterocycles. The Bertz CT molecular complexity index is 610. The minimum Gasteiger partial charge on any atom is -0.198 e. The number of nitriles is 1. The molecule has 1 aliphatic rings. The first-order chi connectivity index (χ1) is 9.33. The Kier molecular flexibility index (Phi) is 3.25. The van der Waals surface area contributed by atoms with Gasteiger partial charge in [0.15, 0.2) is 0 Å². The van der Waals surface area contributed by atoms with Crippen molar-refractivity contribution < 1.29 is 0 Å². The Morgan fingerprint density at radius 1 is 0.947 bits per heavy atom. The van der Waals surface area contributed by atoms with Crippen LogP contribution < -0.4 is 0 Å². The molecule has 0 heterocycles. The van der Waals surface area contributed by atoms with Crippen molar-refractivity contribution in [3.05, 3.63) is 48.0 Å². The Balaban J connectivity index is 1.99. The maximum atomic E-state index is 9.62. The van der Waals surface area contributed by atoms with Crippen molar-refractivity contribution in [3.63, 3.8) is 0 Å². The topological polar surface area (TPSA) is 23.8 Å². The molecule has 0 atom stereocenters. The van der Waals surface area contributed by atoms with Gasteiger partial charge in [0, 0.05) is 0 Å². The van der Waals surface area contributed by atoms with E-state index in [1.54, 1.807) is 0 Å². The minimum atomic E-state index is -0.123. The van der Waals surface area contributed by atoms with Crippen molar-refractivity contribution in [2.24, 2.45) is 5.41 Å². The third-order valence-corrected chi connectivity index (χ3v) is 4.46. The lowest BCUT2D eigenvalue weighted by atomic mass is 9.71. The molecule has 0 radical (unpaired) electrons. The summed E-state index contributed by atoms with van der Waals surface area (Å²) in [4.78, 5) is 0. The van der Waals surface area contributed by atoms with Crippen molar-refractivity contribution in [2.75, 3.05) is 0 Å². The Hall–Kier alpha value is -1.81. The summed E-state index contributed by atoms with van der Waals surface area (Å²) in [6, 6.07) is 17.6. The lowest BCUT2D eigenvalue weighted by molar-refractivity contribution is 0.266. The third kappa shape index (κ3) is 2.36. The summed E-state index contributed by atoms with van der Waals surface area (Å²) >= 11 is 0. The van der Waals surface area contributed by atoms with E-state index in [2.05, 4.69) is 48.5 Å². The van der Waals surface area contributed by atoms with Crippen LogP contribution in [0.1, 0.15) is 37.7 Å². The Morgan fingerprint density at radius 2 is 1.68 bits per heavy atom. The fourth-order valence-electron chi connectivity index (χ4n) is 3.37. The van der Waals surface area contributed by atoms with E-state index in [4.69, 9.17) is 0 Å². The van der Waals surface area contributed by atoms with Gasteiger partial charge in [-0.3, -0.25) is 0 Å². The monoisotopic (exact) mass is 249 g/mol. The summed E-state index contributed by atoms with van der Waals surface area (Å²) in [5.41, 5.74) is 1.21. The van der Waals surface area contributed by atoms with E-state index in [0.29, 0.717) is 0 Å². The molecule has 0 aromatic heterocycles. The molecular weight excluding hydrogens is 230 g/mol. The molecule has 1 fully saturated rings. The zero-order valence-corrected chi connectivity index (χ0v) is 11.2. The predicted octanol–water partition coefficient (Wildman–Crippen LogP) is 4.86. The van der Waals surface area contributed by atoms with Crippen molar-refractivity contribution in [1.82, 2.24) is 0 Å². The lowest BCUT2D eigenvalue weighted by Crippen LogP contribution is -2.24. The molecule has 0 saturated heterocycles. The maximum Gasteiger partial charge on any atom is 0.0693 e. The second kappa shape index (κ2) is 5.05. The van der Waals surface area contributed by atoms with E-state index < -0.39 is 0 Å². The van der Waals surface area contributed by atoms with Crippen molar-refractivity contribution in [3.8, 4) is 6.07 Å². The first kappa shape index (κ1) is 12.2. The van der Waals surface area contributed by atoms with Gasteiger partial charge in [0.25, 0.3) is 0 Å². The fourth-order valence-corrected chi connectivity index (χ4v) is 3.37. The molecule has 3 rings (SSSR count). The highest BCUT2D eigenvalue weighted by Gasteiger charge is 2.32. The molecule has 0 bridgehead atoms. The van der Waals surface area contributed by atoms with Crippen LogP contribution in [0.5, 0.6) is 0 Å². The number of benzene rings is 2. The fraction of sp³-hybridized carbons (Fsp3) is 0.389. The molecule has 19 heavy (non-hydrogen) atoms. The van der Waals surface area contributed by atoms with E-state index >= 15 is 0 Å². The minimum absolute atomic E-state index is 0.123. The summed E-state index contributed by atoms with van der Waals surface area (Å²) < 4.78 is 0. The largest absolute Gasteiger partial charge is 0.198 e. The van der Waals surface area contributed by atoms with Gasteiger partial charge in [-0.15, -0.1) is 0 Å². The molecule has 0 unspecified atom stereocenters. The van der Waals surface area contributed by atoms with Crippen LogP contribution in [0.3, 0.4) is 0 Å². The molecule has 1 heteroatoms. The summed E-state index contributed by atoms with van der Waals surface area (Å²) in [6.45, 7) is 0. The van der Waals surface area contributed by atoms with Gasteiger partial charge in [0.05, 0.1) is 11.5 Å². The van der Waals surface area contributed by atoms with E-state index in [1.165, 1.54) is 35.6 Å². The molecule has 96 valence electrons. The van der Waals surface area contributed by atoms with E-state index in [0.717, 1.165) is 19.3 Å². The maximum absolute atomic E-state index is 9.62. The second-order valence-corrected chi connectivity index (χ2v) is 5.77. The van der Waals surface area contributed by atoms with Crippen molar-refractivity contribution in [1.29, 1.82) is 5.26 Å². The van der Waals surface area contributed by atoms with Crippen LogP contribution >= 0.6 is 0 Å². The van der Waals surface area contributed by atoms with Crippen LogP contribution in [0.15, 0.2) is 42.5 Å². The first-order valence-corrected chi connectivity index (χ1v) is 7.21. The SMILES string of the molecule is N#CC1(Cc2cccc3ccccc23)CCCCC1. The van der Waals surface area contributed by atoms with Crippen LogP contribution in [0.4, 0.5) is 0 Å². The molecular formula is C18H19N. The quantitative estimate of drug-likeness (QED) is 0.746. The molecule has 1 aliphatic carbocycles. The van der Waals surface area contributed by atoms with Gasteiger partial charge < -0.3 is 0 Å². The van der Waals surface area contributed by atoms with Gasteiger partial charge in [0.2, 0.25) is 0 Å². The summed E-state index contributed by atoms with van der Waals surface area (Å²) in [7, 11) is 0. The van der Waals surface area contributed by atoms with Gasteiger partial charge >= 0.3 is 0 Å². The highest BCUT2D eigenvalue weighted by Crippen LogP contribution is 2.39. The van der Waals surface area contributed by atoms with E-state index in [9.17, 15) is 5.26 Å². The van der Waals surface area contributed by atoms with Crippen LogP contribution in [-0.2, 0) is 6.42 Å². The normalized spacial score (nSPS) is 18.1. The Morgan fingerprint density at radius 3 is 2.47 bits per heavy atom. The standard InChI is InChI=1S/C18H19N/c19-14-18(11-4-1-5-12-18)13-16-9-6-8-15-7-2-3-10-17(15)16/h2-3,6-10H,1,4-5,11-13H2. The number of rotatable bonds is 2. The van der Waals surface area contributed by atoms with Gasteiger partial charge in [-0.25, -0.2) is 0 Å². The Labute approximate surface area is 114 Å². The van der Waals surface area contributed by atoms with Crippen molar-refractivity contribution >= 4 is 10.8 Å². The first-order valence-electron chi connectivity index (χ1n) is 7.21. The van der Waals surface area contributed by atoms with E-state index in [1.807, 2.05) is 0 Å². The zero-order valence-electron chi connectivity index (χ0n) is 11.2. The highest BCUT2D eigenvalue weighted by atomic mass is 14.4. The second-order valence-electron chi connectivity index (χ2n) is 5.77. The lowest BCUT2D eigenvalue weighted by Gasteiger charge is -2.31. The molecule has 2 aromatic rings. The number of hydrogen-bond acceptors (Lipinski definition) is 1. The van der Waals surface area contributed by atoms with Gasteiger partial charge in [-0.1, -0.05) is 61.7 Å². The average molecular weight is 249 g/mol. The number of nitrogens with zero attached hydrogens (tertiary/aromatic N) is 1. The summed E-state index contributed by atoms with van der Waals surface area (Å²) in [6.07, 6.45) is 6.74. The van der Waals surface area contributed by atoms with Crippen LogP contribution in [0, 0.1) is 16.7 Å². The molecule has 2 aromatic carbocycles. The molecule has 1 saturated carbocycles. The molecule has 0 N–H and O–H groups in total. The smallest absolute Gasteiger partial charge is 0.0693 e. The zero-order chi connectivity index (χ0) is 13.1. The highest BCUT2D eigenvalue weighted by molar-refractivity contribution is 5.85. The predicted molar refractivity (Wildman–Crippen MR) is 78.8 cm³/mol. The average Bonchev–Trinajstić information content (AvgIpc) is 2.49. The van der Waals surface area contributed by atoms with Gasteiger partial charge in [-0.05, 0) is 35.6 Å².